The summed E-state index contributed by atoms with van der Waals surface area (Å²) in [7, 11) is -3.38. The predicted molar refractivity (Wildman–Crippen MR) is 168 cm³/mol. The molecule has 1 saturated carbocycles. The Morgan fingerprint density at radius 1 is 1.16 bits per heavy atom. The number of carbonyl (C=O) groups is 1. The second kappa shape index (κ2) is 14.5. The lowest BCUT2D eigenvalue weighted by Gasteiger charge is -2.37. The summed E-state index contributed by atoms with van der Waals surface area (Å²) in [6.45, 7) is 3.51. The van der Waals surface area contributed by atoms with Crippen molar-refractivity contribution < 1.29 is 26.7 Å². The van der Waals surface area contributed by atoms with Crippen LogP contribution >= 0.6 is 11.6 Å². The summed E-state index contributed by atoms with van der Waals surface area (Å²) < 4.78 is 63.0. The first kappa shape index (κ1) is 33.2. The molecular weight excluding hydrogens is 610 g/mol. The number of nitrogens with one attached hydrogen (secondary N) is 2. The number of nitrogens with two attached hydrogens (primary N) is 1. The van der Waals surface area contributed by atoms with Crippen molar-refractivity contribution in [2.45, 2.75) is 88.4 Å². The molecule has 3 fully saturated rings. The zero-order valence-electron chi connectivity index (χ0n) is 25.1. The third kappa shape index (κ3) is 7.62. The molecule has 4 N–H and O–H groups in total. The number of carbonyl (C=O) groups excluding carboxylic acids is 1. The van der Waals surface area contributed by atoms with Gasteiger partial charge in [-0.3, -0.25) is 4.79 Å². The Bertz CT molecular complexity index is 1420. The van der Waals surface area contributed by atoms with E-state index in [1.807, 2.05) is 6.92 Å². The quantitative estimate of drug-likeness (QED) is 0.334. The molecule has 0 spiro atoms. The normalized spacial score (nSPS) is 28.1. The summed E-state index contributed by atoms with van der Waals surface area (Å²) in [6, 6.07) is 7.81. The van der Waals surface area contributed by atoms with Gasteiger partial charge in [0.15, 0.2) is 0 Å². The summed E-state index contributed by atoms with van der Waals surface area (Å²) >= 11 is 5.97. The highest BCUT2D eigenvalue weighted by atomic mass is 35.5. The topological polar surface area (TPSA) is 114 Å². The fourth-order valence-corrected chi connectivity index (χ4v) is 9.13. The standard InChI is InChI=1S/C32H43ClF2N4O4S/c1-2-43-24-12-8-20(9-13-24)30(21-10-15-26(33)28(35)17-21)31(36)32(40)38-29-7-3-6-27(34)25(29)14-11-23-18-37-22-5-4-16-44(41,42)39(23)19-22/h3,6-7,10,15,17,20,22-24,30-31,37H,2,4-5,8-9,11-14,16,18-19,36H2,1H3,(H,38,40)/t20-,22-,23+,24-,30?,31+/m1/s1. The van der Waals surface area contributed by atoms with Gasteiger partial charge < -0.3 is 21.1 Å². The van der Waals surface area contributed by atoms with E-state index in [-0.39, 0.29) is 41.3 Å². The number of rotatable bonds is 10. The molecule has 2 bridgehead atoms. The van der Waals surface area contributed by atoms with Crippen LogP contribution in [0.25, 0.3) is 0 Å². The van der Waals surface area contributed by atoms with Crippen molar-refractivity contribution in [3.63, 3.8) is 0 Å². The fraction of sp³-hybridized carbons (Fsp3) is 0.594. The van der Waals surface area contributed by atoms with E-state index in [0.29, 0.717) is 49.4 Å². The molecule has 5 atom stereocenters. The Labute approximate surface area is 264 Å². The first-order valence-corrected chi connectivity index (χ1v) is 17.7. The van der Waals surface area contributed by atoms with Gasteiger partial charge in [0.1, 0.15) is 11.6 Å². The minimum atomic E-state index is -3.38. The molecule has 2 aromatic rings. The second-order valence-electron chi connectivity index (χ2n) is 12.3. The maximum atomic E-state index is 15.2. The molecule has 8 nitrogen and oxygen atoms in total. The van der Waals surface area contributed by atoms with E-state index in [4.69, 9.17) is 22.1 Å². The van der Waals surface area contributed by atoms with Crippen LogP contribution in [0.2, 0.25) is 5.02 Å². The van der Waals surface area contributed by atoms with Crippen LogP contribution in [-0.2, 0) is 26.0 Å². The van der Waals surface area contributed by atoms with Gasteiger partial charge in [0.2, 0.25) is 15.9 Å². The number of hydrogen-bond acceptors (Lipinski definition) is 6. The maximum Gasteiger partial charge on any atom is 0.241 e. The number of ether oxygens (including phenoxy) is 1. The van der Waals surface area contributed by atoms with E-state index in [2.05, 4.69) is 10.6 Å². The molecule has 1 amide bonds. The zero-order chi connectivity index (χ0) is 31.4. The smallest absolute Gasteiger partial charge is 0.241 e. The Morgan fingerprint density at radius 3 is 2.66 bits per heavy atom. The maximum absolute atomic E-state index is 15.2. The average molecular weight is 653 g/mol. The number of benzene rings is 2. The Balaban J connectivity index is 1.33. The molecule has 2 heterocycles. The van der Waals surface area contributed by atoms with Crippen LogP contribution in [0.3, 0.4) is 0 Å². The van der Waals surface area contributed by atoms with Crippen molar-refractivity contribution >= 4 is 33.2 Å². The molecule has 44 heavy (non-hydrogen) atoms. The van der Waals surface area contributed by atoms with E-state index in [1.54, 1.807) is 16.4 Å². The van der Waals surface area contributed by atoms with Crippen molar-refractivity contribution in [1.29, 1.82) is 0 Å². The van der Waals surface area contributed by atoms with Crippen LogP contribution in [0.1, 0.15) is 68.9 Å². The average Bonchev–Trinajstić information content (AvgIpc) is 3.11. The molecule has 242 valence electrons. The van der Waals surface area contributed by atoms with Gasteiger partial charge in [0, 0.05) is 48.9 Å². The van der Waals surface area contributed by atoms with Gasteiger partial charge >= 0.3 is 0 Å². The lowest BCUT2D eigenvalue weighted by atomic mass is 9.72. The van der Waals surface area contributed by atoms with Crippen LogP contribution in [0.5, 0.6) is 0 Å². The highest BCUT2D eigenvalue weighted by Crippen LogP contribution is 2.40. The van der Waals surface area contributed by atoms with E-state index < -0.39 is 39.5 Å². The third-order valence-electron chi connectivity index (χ3n) is 9.51. The van der Waals surface area contributed by atoms with E-state index >= 15 is 4.39 Å². The molecule has 12 heteroatoms. The lowest BCUT2D eigenvalue weighted by Crippen LogP contribution is -2.57. The second-order valence-corrected chi connectivity index (χ2v) is 14.7. The van der Waals surface area contributed by atoms with Gasteiger partial charge in [-0.1, -0.05) is 23.7 Å². The zero-order valence-corrected chi connectivity index (χ0v) is 26.7. The third-order valence-corrected chi connectivity index (χ3v) is 11.8. The largest absolute Gasteiger partial charge is 0.379 e. The summed E-state index contributed by atoms with van der Waals surface area (Å²) in [6.07, 6.45) is 5.36. The Morgan fingerprint density at radius 2 is 1.93 bits per heavy atom. The van der Waals surface area contributed by atoms with Gasteiger partial charge in [-0.15, -0.1) is 0 Å². The number of anilines is 1. The first-order valence-electron chi connectivity index (χ1n) is 15.7. The van der Waals surface area contributed by atoms with Crippen molar-refractivity contribution in [2.24, 2.45) is 11.7 Å². The van der Waals surface area contributed by atoms with Crippen LogP contribution in [0.15, 0.2) is 36.4 Å². The number of nitrogens with zero attached hydrogens (tertiary/aromatic N) is 1. The van der Waals surface area contributed by atoms with E-state index in [1.165, 1.54) is 24.3 Å². The number of sulfonamides is 1. The van der Waals surface area contributed by atoms with Gasteiger partial charge in [-0.05, 0) is 94.0 Å². The minimum absolute atomic E-state index is 0.00774. The van der Waals surface area contributed by atoms with Crippen LogP contribution in [0, 0.1) is 17.6 Å². The summed E-state index contributed by atoms with van der Waals surface area (Å²) in [5, 5.41) is 6.29. The summed E-state index contributed by atoms with van der Waals surface area (Å²) in [5.74, 6) is -1.92. The number of hydrogen-bond donors (Lipinski definition) is 3. The molecule has 2 saturated heterocycles. The molecule has 2 aromatic carbocycles. The van der Waals surface area contributed by atoms with E-state index in [0.717, 1.165) is 32.1 Å². The predicted octanol–water partition coefficient (Wildman–Crippen LogP) is 4.96. The number of halogens is 3. The van der Waals surface area contributed by atoms with Gasteiger partial charge in [-0.25, -0.2) is 17.2 Å². The summed E-state index contributed by atoms with van der Waals surface area (Å²) in [4.78, 5) is 13.7. The molecular formula is C32H43ClF2N4O4S. The SMILES string of the molecule is CCO[C@H]1CC[C@H](C(c2ccc(Cl)c(F)c2)[C@H](N)C(=O)Nc2cccc(F)c2CC[C@H]2CN[C@@H]3CCCS(=O)(=O)N2C3)CC1. The monoisotopic (exact) mass is 652 g/mol. The Kier molecular flexibility index (Phi) is 11.0. The lowest BCUT2D eigenvalue weighted by molar-refractivity contribution is -0.118. The van der Waals surface area contributed by atoms with Gasteiger partial charge in [0.25, 0.3) is 0 Å². The molecule has 3 aliphatic rings. The van der Waals surface area contributed by atoms with Gasteiger partial charge in [-0.2, -0.15) is 4.31 Å². The number of amides is 1. The molecule has 0 aromatic heterocycles. The molecule has 2 aliphatic heterocycles. The van der Waals surface area contributed by atoms with Crippen LogP contribution in [-0.4, -0.2) is 68.3 Å². The van der Waals surface area contributed by atoms with Crippen LogP contribution < -0.4 is 16.4 Å². The molecule has 1 aliphatic carbocycles. The van der Waals surface area contributed by atoms with Crippen LogP contribution in [0.4, 0.5) is 14.5 Å². The van der Waals surface area contributed by atoms with E-state index in [9.17, 15) is 17.6 Å². The van der Waals surface area contributed by atoms with Crippen molar-refractivity contribution in [1.82, 2.24) is 9.62 Å². The summed E-state index contributed by atoms with van der Waals surface area (Å²) in [5.41, 5.74) is 7.85. The van der Waals surface area contributed by atoms with Crippen molar-refractivity contribution in [2.75, 3.05) is 30.8 Å². The Hall–Kier alpha value is -2.15. The van der Waals surface area contributed by atoms with Gasteiger partial charge in [0.05, 0.1) is 22.9 Å². The highest BCUT2D eigenvalue weighted by Gasteiger charge is 2.39. The van der Waals surface area contributed by atoms with Crippen molar-refractivity contribution in [3.8, 4) is 0 Å². The minimum Gasteiger partial charge on any atom is -0.379 e. The molecule has 0 radical (unpaired) electrons. The first-order chi connectivity index (χ1) is 21.1. The number of fused-ring (bicyclic) bond motifs is 2. The highest BCUT2D eigenvalue weighted by molar-refractivity contribution is 7.89. The molecule has 5 rings (SSSR count). The molecule has 2 unspecified atom stereocenters. The number of piperazine rings is 1. The van der Waals surface area contributed by atoms with Crippen molar-refractivity contribution in [3.05, 3.63) is 64.2 Å². The fourth-order valence-electron chi connectivity index (χ4n) is 7.21.